The summed E-state index contributed by atoms with van der Waals surface area (Å²) in [5, 5.41) is 3.34. The minimum atomic E-state index is -1.16. The van der Waals surface area contributed by atoms with Gasteiger partial charge in [0.2, 0.25) is 0 Å². The fraction of sp³-hybridized carbons (Fsp3) is 0.235. The summed E-state index contributed by atoms with van der Waals surface area (Å²) in [6.07, 6.45) is -2.07. The molecule has 0 fully saturated rings. The van der Waals surface area contributed by atoms with Gasteiger partial charge in [0.25, 0.3) is 5.91 Å². The van der Waals surface area contributed by atoms with E-state index in [9.17, 15) is 14.4 Å². The number of nitrogens with one attached hydrogen (secondary N) is 1. The minimum Gasteiger partial charge on any atom is -0.496 e. The molecule has 0 saturated heterocycles. The maximum atomic E-state index is 12.4. The monoisotopic (exact) mass is 331 g/mol. The van der Waals surface area contributed by atoms with Crippen molar-refractivity contribution < 1.29 is 28.6 Å². The van der Waals surface area contributed by atoms with E-state index in [0.717, 1.165) is 12.5 Å². The molecular weight excluding hydrogens is 314 g/mol. The Morgan fingerprint density at radius 3 is 2.29 bits per heavy atom. The molecule has 1 N–H and O–H groups in total. The van der Waals surface area contributed by atoms with Gasteiger partial charge in [-0.15, -0.1) is 0 Å². The first-order valence-electron chi connectivity index (χ1n) is 7.13. The van der Waals surface area contributed by atoms with Crippen LogP contribution in [0.5, 0.6) is 5.75 Å². The van der Waals surface area contributed by atoms with Crippen LogP contribution >= 0.6 is 0 Å². The van der Waals surface area contributed by atoms with Crippen LogP contribution in [0.3, 0.4) is 0 Å². The quantitative estimate of drug-likeness (QED) is 0.864. The van der Waals surface area contributed by atoms with Crippen molar-refractivity contribution in [2.24, 2.45) is 0 Å². The number of rotatable bonds is 4. The Balaban J connectivity index is 2.23. The molecule has 7 heteroatoms. The fourth-order valence-corrected chi connectivity index (χ4v) is 2.16. The number of carbonyl (C=O) groups is 3. The number of fused-ring (bicyclic) bond motifs is 1. The number of carbonyl (C=O) groups excluding carboxylic acids is 3. The molecule has 2 amide bonds. The highest BCUT2D eigenvalue weighted by Crippen LogP contribution is 2.28. The molecule has 2 aromatic carbocycles. The lowest BCUT2D eigenvalue weighted by Crippen LogP contribution is -2.39. The molecule has 0 bridgehead atoms. The lowest BCUT2D eigenvalue weighted by molar-refractivity contribution is -0.128. The maximum Gasteiger partial charge on any atom is 0.413 e. The van der Waals surface area contributed by atoms with E-state index in [1.54, 1.807) is 31.4 Å². The number of benzene rings is 2. The Morgan fingerprint density at radius 2 is 1.67 bits per heavy atom. The Bertz CT molecular complexity index is 786. The average molecular weight is 331 g/mol. The number of esters is 1. The van der Waals surface area contributed by atoms with Crippen molar-refractivity contribution in [1.29, 1.82) is 0 Å². The highest BCUT2D eigenvalue weighted by molar-refractivity contribution is 6.07. The lowest BCUT2D eigenvalue weighted by atomic mass is 10.0. The van der Waals surface area contributed by atoms with Crippen LogP contribution in [-0.2, 0) is 14.3 Å². The third kappa shape index (κ3) is 3.62. The van der Waals surface area contributed by atoms with E-state index >= 15 is 0 Å². The smallest absolute Gasteiger partial charge is 0.413 e. The zero-order valence-corrected chi connectivity index (χ0v) is 13.5. The van der Waals surface area contributed by atoms with Crippen molar-refractivity contribution in [3.8, 4) is 5.75 Å². The number of hydrogen-bond acceptors (Lipinski definition) is 6. The van der Waals surface area contributed by atoms with Gasteiger partial charge >= 0.3 is 12.1 Å². The molecule has 1 atom stereocenters. The van der Waals surface area contributed by atoms with Crippen molar-refractivity contribution in [2.45, 2.75) is 13.0 Å². The topological polar surface area (TPSA) is 90.9 Å². The number of hydrogen-bond donors (Lipinski definition) is 1. The van der Waals surface area contributed by atoms with Crippen molar-refractivity contribution in [3.05, 3.63) is 42.0 Å². The molecule has 7 nitrogen and oxygen atoms in total. The number of methoxy groups -OCH3 is 2. The first kappa shape index (κ1) is 17.3. The molecule has 0 spiro atoms. The lowest BCUT2D eigenvalue weighted by Gasteiger charge is -2.14. The molecule has 2 aromatic rings. The second-order valence-electron chi connectivity index (χ2n) is 4.89. The van der Waals surface area contributed by atoms with Gasteiger partial charge in [-0.1, -0.05) is 24.3 Å². The number of ether oxygens (including phenoxy) is 3. The third-order valence-corrected chi connectivity index (χ3v) is 3.39. The highest BCUT2D eigenvalue weighted by atomic mass is 16.6. The van der Waals surface area contributed by atoms with Crippen LogP contribution in [-0.4, -0.2) is 38.3 Å². The van der Waals surface area contributed by atoms with Gasteiger partial charge in [0.15, 0.2) is 6.10 Å². The van der Waals surface area contributed by atoms with E-state index in [1.807, 2.05) is 17.4 Å². The zero-order chi connectivity index (χ0) is 17.7. The van der Waals surface area contributed by atoms with Gasteiger partial charge in [-0.25, -0.2) is 9.59 Å². The second-order valence-corrected chi connectivity index (χ2v) is 4.89. The van der Waals surface area contributed by atoms with Crippen LogP contribution in [0, 0.1) is 0 Å². The van der Waals surface area contributed by atoms with Crippen molar-refractivity contribution >= 4 is 28.7 Å². The Labute approximate surface area is 138 Å². The van der Waals surface area contributed by atoms with Gasteiger partial charge in [-0.05, 0) is 24.4 Å². The van der Waals surface area contributed by atoms with Gasteiger partial charge in [-0.3, -0.25) is 10.1 Å². The van der Waals surface area contributed by atoms with Crippen LogP contribution in [0.25, 0.3) is 10.8 Å². The minimum absolute atomic E-state index is 0.295. The largest absolute Gasteiger partial charge is 0.496 e. The van der Waals surface area contributed by atoms with Crippen LogP contribution in [0.15, 0.2) is 36.4 Å². The first-order valence-corrected chi connectivity index (χ1v) is 7.13. The molecule has 0 aliphatic rings. The molecule has 0 saturated carbocycles. The van der Waals surface area contributed by atoms with E-state index in [1.165, 1.54) is 6.92 Å². The summed E-state index contributed by atoms with van der Waals surface area (Å²) in [5.41, 5.74) is 0.295. The van der Waals surface area contributed by atoms with E-state index in [-0.39, 0.29) is 0 Å². The van der Waals surface area contributed by atoms with Gasteiger partial charge in [-0.2, -0.15) is 0 Å². The number of imide groups is 1. The fourth-order valence-electron chi connectivity index (χ4n) is 2.16. The number of amides is 2. The van der Waals surface area contributed by atoms with Crippen molar-refractivity contribution in [1.82, 2.24) is 5.32 Å². The Kier molecular flexibility index (Phi) is 5.36. The molecule has 24 heavy (non-hydrogen) atoms. The average Bonchev–Trinajstić information content (AvgIpc) is 2.60. The van der Waals surface area contributed by atoms with E-state index < -0.39 is 24.1 Å². The maximum absolute atomic E-state index is 12.4. The molecule has 0 radical (unpaired) electrons. The molecule has 126 valence electrons. The first-order chi connectivity index (χ1) is 11.5. The molecular formula is C17H17NO6. The summed E-state index contributed by atoms with van der Waals surface area (Å²) >= 11 is 0. The van der Waals surface area contributed by atoms with Crippen LogP contribution < -0.4 is 10.1 Å². The standard InChI is InChI=1S/C17H17NO6/c1-10(15(19)18-17(21)23-3)24-16(20)13-8-9-14(22-2)12-7-5-4-6-11(12)13/h4-10H,1-3H3,(H,18,19,21)/t10-/m0/s1. The van der Waals surface area contributed by atoms with E-state index in [2.05, 4.69) is 4.74 Å². The molecule has 0 aliphatic heterocycles. The summed E-state index contributed by atoms with van der Waals surface area (Å²) in [6.45, 7) is 1.36. The molecule has 2 rings (SSSR count). The molecule has 0 unspecified atom stereocenters. The molecule has 0 aromatic heterocycles. The Hall–Kier alpha value is -3.09. The summed E-state index contributed by atoms with van der Waals surface area (Å²) in [6, 6.07) is 10.4. The van der Waals surface area contributed by atoms with Crippen LogP contribution in [0.2, 0.25) is 0 Å². The highest BCUT2D eigenvalue weighted by Gasteiger charge is 2.22. The van der Waals surface area contributed by atoms with Gasteiger partial charge in [0, 0.05) is 5.39 Å². The van der Waals surface area contributed by atoms with Crippen LogP contribution in [0.4, 0.5) is 4.79 Å². The van der Waals surface area contributed by atoms with Gasteiger partial charge in [0.1, 0.15) is 5.75 Å². The zero-order valence-electron chi connectivity index (χ0n) is 13.5. The third-order valence-electron chi connectivity index (χ3n) is 3.39. The van der Waals surface area contributed by atoms with Crippen molar-refractivity contribution in [3.63, 3.8) is 0 Å². The Morgan fingerprint density at radius 1 is 1.00 bits per heavy atom. The van der Waals surface area contributed by atoms with Crippen molar-refractivity contribution in [2.75, 3.05) is 14.2 Å². The van der Waals surface area contributed by atoms with Crippen LogP contribution in [0.1, 0.15) is 17.3 Å². The van der Waals surface area contributed by atoms with Gasteiger partial charge < -0.3 is 14.2 Å². The van der Waals surface area contributed by atoms with Gasteiger partial charge in [0.05, 0.1) is 19.8 Å². The normalized spacial score (nSPS) is 11.5. The summed E-state index contributed by atoms with van der Waals surface area (Å²) in [7, 11) is 2.67. The predicted octanol–water partition coefficient (Wildman–Crippen LogP) is 2.28. The number of alkyl carbamates (subject to hydrolysis) is 1. The SMILES string of the molecule is COC(=O)NC(=O)[C@H](C)OC(=O)c1ccc(OC)c2ccccc12. The van der Waals surface area contributed by atoms with E-state index in [0.29, 0.717) is 16.7 Å². The molecule has 0 aliphatic carbocycles. The summed E-state index contributed by atoms with van der Waals surface area (Å²) in [5.74, 6) is -0.826. The predicted molar refractivity (Wildman–Crippen MR) is 85.9 cm³/mol. The molecule has 0 heterocycles. The summed E-state index contributed by atoms with van der Waals surface area (Å²) < 4.78 is 14.7. The summed E-state index contributed by atoms with van der Waals surface area (Å²) in [4.78, 5) is 35.1. The van der Waals surface area contributed by atoms with E-state index in [4.69, 9.17) is 9.47 Å². The second kappa shape index (κ2) is 7.45.